The number of carbonyl (C=O) groups is 1. The molecule has 0 aromatic heterocycles. The van der Waals surface area contributed by atoms with E-state index < -0.39 is 22.0 Å². The monoisotopic (exact) mass is 473 g/mol. The van der Waals surface area contributed by atoms with Gasteiger partial charge in [0.05, 0.1) is 21.0 Å². The number of aliphatic carboxylic acids is 1. The van der Waals surface area contributed by atoms with Crippen molar-refractivity contribution in [2.75, 3.05) is 13.9 Å². The first-order valence-corrected chi connectivity index (χ1v) is 10.9. The van der Waals surface area contributed by atoms with Gasteiger partial charge in [-0.05, 0) is 37.6 Å². The summed E-state index contributed by atoms with van der Waals surface area (Å²) in [6, 6.07) is 8.07. The predicted octanol–water partition coefficient (Wildman–Crippen LogP) is 4.34. The Kier molecular flexibility index (Phi) is 8.28. The van der Waals surface area contributed by atoms with Crippen LogP contribution in [0, 0.1) is 6.92 Å². The van der Waals surface area contributed by atoms with Gasteiger partial charge in [-0.2, -0.15) is 0 Å². The Labute approximate surface area is 185 Å². The van der Waals surface area contributed by atoms with Gasteiger partial charge in [0.25, 0.3) is 0 Å². The van der Waals surface area contributed by atoms with Gasteiger partial charge in [0, 0.05) is 18.2 Å². The van der Waals surface area contributed by atoms with E-state index in [1.165, 1.54) is 31.4 Å². The number of ether oxygens (including phenoxy) is 2. The maximum absolute atomic E-state index is 13.0. The quantitative estimate of drug-likeness (QED) is 0.393. The molecule has 2 rings (SSSR count). The topological polar surface area (TPSA) is 102 Å². The summed E-state index contributed by atoms with van der Waals surface area (Å²) in [5, 5.41) is 9.45. The van der Waals surface area contributed by atoms with Crippen molar-refractivity contribution in [1.82, 2.24) is 4.72 Å². The average molecular weight is 474 g/mol. The van der Waals surface area contributed by atoms with E-state index in [9.17, 15) is 18.3 Å². The third kappa shape index (κ3) is 5.96. The number of rotatable bonds is 10. The molecule has 2 aromatic rings. The van der Waals surface area contributed by atoms with Gasteiger partial charge in [-0.15, -0.1) is 0 Å². The highest BCUT2D eigenvalue weighted by atomic mass is 35.5. The minimum Gasteiger partial charge on any atom is -0.478 e. The van der Waals surface area contributed by atoms with E-state index in [4.69, 9.17) is 32.7 Å². The molecule has 0 unspecified atom stereocenters. The molecule has 0 saturated heterocycles. The lowest BCUT2D eigenvalue weighted by molar-refractivity contribution is -0.132. The van der Waals surface area contributed by atoms with Crippen LogP contribution in [0.2, 0.25) is 10.0 Å². The van der Waals surface area contributed by atoms with E-state index in [1.807, 2.05) is 6.92 Å². The first kappa shape index (κ1) is 24.2. The smallest absolute Gasteiger partial charge is 0.331 e. The van der Waals surface area contributed by atoms with Crippen molar-refractivity contribution in [3.8, 4) is 5.75 Å². The first-order chi connectivity index (χ1) is 14.1. The largest absolute Gasteiger partial charge is 0.478 e. The summed E-state index contributed by atoms with van der Waals surface area (Å²) in [5.41, 5.74) is 0.845. The van der Waals surface area contributed by atoms with Crippen molar-refractivity contribution in [3.63, 3.8) is 0 Å². The van der Waals surface area contributed by atoms with E-state index in [0.717, 1.165) is 5.56 Å². The summed E-state index contributed by atoms with van der Waals surface area (Å²) < 4.78 is 38.8. The summed E-state index contributed by atoms with van der Waals surface area (Å²) in [6.07, 6.45) is -0.274. The Hall–Kier alpha value is -2.10. The van der Waals surface area contributed by atoms with E-state index in [-0.39, 0.29) is 45.0 Å². The third-order valence-corrected chi connectivity index (χ3v) is 6.46. The normalized spacial score (nSPS) is 12.4. The number of sulfonamides is 1. The molecular weight excluding hydrogens is 453 g/mol. The lowest BCUT2D eigenvalue weighted by Gasteiger charge is -2.23. The molecule has 2 aromatic carbocycles. The molecule has 1 atom stereocenters. The molecule has 0 aliphatic heterocycles. The van der Waals surface area contributed by atoms with Crippen LogP contribution in [0.15, 0.2) is 53.4 Å². The first-order valence-electron chi connectivity index (χ1n) is 8.66. The molecular formula is C20H21Cl2NO6S. The molecule has 0 aliphatic carbocycles. The minimum atomic E-state index is -4.04. The van der Waals surface area contributed by atoms with Crippen LogP contribution in [0.4, 0.5) is 0 Å². The zero-order valence-electron chi connectivity index (χ0n) is 16.3. The van der Waals surface area contributed by atoms with Crippen LogP contribution in [0.5, 0.6) is 5.75 Å². The highest BCUT2D eigenvalue weighted by molar-refractivity contribution is 7.89. The van der Waals surface area contributed by atoms with Gasteiger partial charge in [0.15, 0.2) is 6.79 Å². The van der Waals surface area contributed by atoms with Crippen LogP contribution in [-0.4, -0.2) is 33.4 Å². The lowest BCUT2D eigenvalue weighted by Crippen LogP contribution is -2.30. The summed E-state index contributed by atoms with van der Waals surface area (Å²) in [6.45, 7) is 5.19. The molecule has 0 saturated carbocycles. The molecule has 0 radical (unpaired) electrons. The van der Waals surface area contributed by atoms with E-state index >= 15 is 0 Å². The maximum Gasteiger partial charge on any atom is 0.331 e. The molecule has 10 heteroatoms. The predicted molar refractivity (Wildman–Crippen MR) is 115 cm³/mol. The highest BCUT2D eigenvalue weighted by Crippen LogP contribution is 2.40. The SMILES string of the molecule is C=C(C[C@@H](NS(=O)(=O)c1ccc(C)cc1)c1c(OCOC)ccc(Cl)c1Cl)C(=O)O. The van der Waals surface area contributed by atoms with E-state index in [0.29, 0.717) is 0 Å². The second kappa shape index (κ2) is 10.3. The van der Waals surface area contributed by atoms with Crippen molar-refractivity contribution in [1.29, 1.82) is 0 Å². The summed E-state index contributed by atoms with van der Waals surface area (Å²) in [7, 11) is -2.62. The van der Waals surface area contributed by atoms with Crippen LogP contribution >= 0.6 is 23.2 Å². The van der Waals surface area contributed by atoms with Gasteiger partial charge in [-0.25, -0.2) is 17.9 Å². The number of halogens is 2. The Morgan fingerprint density at radius 3 is 2.40 bits per heavy atom. The number of carboxylic acid groups (broad SMARTS) is 1. The number of methoxy groups -OCH3 is 1. The second-order valence-corrected chi connectivity index (χ2v) is 8.92. The Morgan fingerprint density at radius 1 is 1.20 bits per heavy atom. The Balaban J connectivity index is 2.56. The van der Waals surface area contributed by atoms with Gasteiger partial charge in [0.2, 0.25) is 10.0 Å². The van der Waals surface area contributed by atoms with Gasteiger partial charge < -0.3 is 14.6 Å². The minimum absolute atomic E-state index is 0.0107. The van der Waals surface area contributed by atoms with Gasteiger partial charge in [-0.3, -0.25) is 0 Å². The molecule has 0 heterocycles. The zero-order valence-corrected chi connectivity index (χ0v) is 18.6. The van der Waals surface area contributed by atoms with Crippen molar-refractivity contribution in [3.05, 3.63) is 69.7 Å². The standard InChI is InChI=1S/C20H21Cl2NO6S/c1-12-4-6-14(7-5-12)30(26,27)23-16(10-13(2)20(24)25)18-17(29-11-28-3)9-8-15(21)19(18)22/h4-9,16,23H,2,10-11H2,1,3H3,(H,24,25)/t16-/m1/s1. The molecule has 0 spiro atoms. The fourth-order valence-corrected chi connectivity index (χ4v) is 4.29. The number of hydrogen-bond donors (Lipinski definition) is 2. The number of benzene rings is 2. The fraction of sp³-hybridized carbons (Fsp3) is 0.250. The van der Waals surface area contributed by atoms with Gasteiger partial charge in [-0.1, -0.05) is 47.5 Å². The number of hydrogen-bond acceptors (Lipinski definition) is 5. The number of aryl methyl sites for hydroxylation is 1. The van der Waals surface area contributed by atoms with Crippen LogP contribution in [-0.2, 0) is 19.6 Å². The summed E-state index contributed by atoms with van der Waals surface area (Å²) >= 11 is 12.5. The molecule has 0 bridgehead atoms. The number of carboxylic acids is 1. The van der Waals surface area contributed by atoms with Gasteiger partial charge in [0.1, 0.15) is 5.75 Å². The fourth-order valence-electron chi connectivity index (χ4n) is 2.63. The van der Waals surface area contributed by atoms with Crippen LogP contribution in [0.1, 0.15) is 23.6 Å². The molecule has 0 fully saturated rings. The third-order valence-electron chi connectivity index (χ3n) is 4.16. The van der Waals surface area contributed by atoms with Gasteiger partial charge >= 0.3 is 5.97 Å². The van der Waals surface area contributed by atoms with Crippen LogP contribution in [0.25, 0.3) is 0 Å². The molecule has 30 heavy (non-hydrogen) atoms. The second-order valence-electron chi connectivity index (χ2n) is 6.42. The summed E-state index contributed by atoms with van der Waals surface area (Å²) in [5.74, 6) is -1.08. The van der Waals surface area contributed by atoms with Crippen molar-refractivity contribution < 1.29 is 27.8 Å². The maximum atomic E-state index is 13.0. The molecule has 162 valence electrons. The Bertz CT molecular complexity index is 1040. The summed E-state index contributed by atoms with van der Waals surface area (Å²) in [4.78, 5) is 11.4. The van der Waals surface area contributed by atoms with Crippen molar-refractivity contribution >= 4 is 39.2 Å². The number of nitrogens with one attached hydrogen (secondary N) is 1. The van der Waals surface area contributed by atoms with E-state index in [1.54, 1.807) is 12.1 Å². The average Bonchev–Trinajstić information content (AvgIpc) is 2.68. The molecule has 2 N–H and O–H groups in total. The molecule has 7 nitrogen and oxygen atoms in total. The lowest BCUT2D eigenvalue weighted by atomic mass is 9.99. The molecule has 0 amide bonds. The highest BCUT2D eigenvalue weighted by Gasteiger charge is 2.29. The zero-order chi connectivity index (χ0) is 22.5. The van der Waals surface area contributed by atoms with Crippen molar-refractivity contribution in [2.24, 2.45) is 0 Å². The van der Waals surface area contributed by atoms with E-state index in [2.05, 4.69) is 11.3 Å². The molecule has 0 aliphatic rings. The Morgan fingerprint density at radius 2 is 1.83 bits per heavy atom. The van der Waals surface area contributed by atoms with Crippen LogP contribution < -0.4 is 9.46 Å². The van der Waals surface area contributed by atoms with Crippen molar-refractivity contribution in [2.45, 2.75) is 24.3 Å². The van der Waals surface area contributed by atoms with Crippen LogP contribution in [0.3, 0.4) is 0 Å².